The molecule has 110 valence electrons. The van der Waals surface area contributed by atoms with E-state index in [1.807, 2.05) is 18.7 Å². The highest BCUT2D eigenvalue weighted by molar-refractivity contribution is 5.81. The number of carbonyl (C=O) groups is 2. The molecule has 1 fully saturated rings. The molecule has 0 aliphatic carbocycles. The first-order valence-corrected chi connectivity index (χ1v) is 7.11. The van der Waals surface area contributed by atoms with Crippen LogP contribution in [0.4, 0.5) is 0 Å². The maximum Gasteiger partial charge on any atom is 0.239 e. The first kappa shape index (κ1) is 15.9. The van der Waals surface area contributed by atoms with Crippen LogP contribution < -0.4 is 11.1 Å². The number of carbonyl (C=O) groups excluding carboxylic acids is 2. The minimum Gasteiger partial charge on any atom is -0.355 e. The van der Waals surface area contributed by atoms with E-state index in [-0.39, 0.29) is 17.9 Å². The second-order valence-electron chi connectivity index (χ2n) is 4.95. The van der Waals surface area contributed by atoms with Crippen molar-refractivity contribution in [3.8, 4) is 0 Å². The maximum absolute atomic E-state index is 12.0. The molecule has 0 aromatic heterocycles. The Morgan fingerprint density at radius 3 is 2.37 bits per heavy atom. The molecule has 3 N–H and O–H groups in total. The number of piperazine rings is 1. The number of rotatable bonds is 6. The highest BCUT2D eigenvalue weighted by Gasteiger charge is 2.25. The molecule has 1 saturated heterocycles. The second-order valence-corrected chi connectivity index (χ2v) is 4.95. The third kappa shape index (κ3) is 5.16. The molecule has 0 radical (unpaired) electrons. The van der Waals surface area contributed by atoms with Crippen LogP contribution >= 0.6 is 0 Å². The fraction of sp³-hybridized carbons (Fsp3) is 0.846. The van der Waals surface area contributed by atoms with Gasteiger partial charge in [0.1, 0.15) is 0 Å². The summed E-state index contributed by atoms with van der Waals surface area (Å²) in [6.45, 7) is 7.80. The molecular weight excluding hydrogens is 244 g/mol. The zero-order chi connectivity index (χ0) is 14.3. The lowest BCUT2D eigenvalue weighted by Crippen LogP contribution is -2.54. The molecule has 1 heterocycles. The van der Waals surface area contributed by atoms with Crippen LogP contribution in [0.25, 0.3) is 0 Å². The second kappa shape index (κ2) is 8.12. The Labute approximate surface area is 115 Å². The lowest BCUT2D eigenvalue weighted by atomic mass is 10.1. The van der Waals surface area contributed by atoms with Gasteiger partial charge in [0.25, 0.3) is 0 Å². The first-order chi connectivity index (χ1) is 9.08. The summed E-state index contributed by atoms with van der Waals surface area (Å²) >= 11 is 0. The van der Waals surface area contributed by atoms with Gasteiger partial charge in [0.2, 0.25) is 11.8 Å². The van der Waals surface area contributed by atoms with Crippen LogP contribution in [0.1, 0.15) is 26.7 Å². The van der Waals surface area contributed by atoms with E-state index >= 15 is 0 Å². The van der Waals surface area contributed by atoms with Crippen molar-refractivity contribution in [2.24, 2.45) is 5.73 Å². The van der Waals surface area contributed by atoms with Crippen molar-refractivity contribution in [2.75, 3.05) is 39.3 Å². The van der Waals surface area contributed by atoms with Gasteiger partial charge in [-0.3, -0.25) is 14.5 Å². The van der Waals surface area contributed by atoms with Crippen molar-refractivity contribution in [3.63, 3.8) is 0 Å². The van der Waals surface area contributed by atoms with E-state index in [1.165, 1.54) is 0 Å². The van der Waals surface area contributed by atoms with Gasteiger partial charge in [-0.1, -0.05) is 13.3 Å². The number of nitrogens with zero attached hydrogens (tertiary/aromatic N) is 2. The van der Waals surface area contributed by atoms with Crippen molar-refractivity contribution in [1.29, 1.82) is 0 Å². The summed E-state index contributed by atoms with van der Waals surface area (Å²) < 4.78 is 0. The molecule has 0 saturated carbocycles. The third-order valence-corrected chi connectivity index (χ3v) is 3.34. The lowest BCUT2D eigenvalue weighted by molar-refractivity contribution is -0.134. The number of hydrogen-bond acceptors (Lipinski definition) is 4. The molecule has 1 aliphatic rings. The van der Waals surface area contributed by atoms with Crippen molar-refractivity contribution >= 4 is 11.8 Å². The molecule has 2 amide bonds. The highest BCUT2D eigenvalue weighted by atomic mass is 16.2. The third-order valence-electron chi connectivity index (χ3n) is 3.34. The van der Waals surface area contributed by atoms with E-state index < -0.39 is 0 Å². The molecule has 0 spiro atoms. The van der Waals surface area contributed by atoms with Crippen molar-refractivity contribution in [3.05, 3.63) is 0 Å². The van der Waals surface area contributed by atoms with Crippen LogP contribution in [-0.4, -0.2) is 66.9 Å². The number of hydrogen-bond donors (Lipinski definition) is 2. The largest absolute Gasteiger partial charge is 0.355 e. The summed E-state index contributed by atoms with van der Waals surface area (Å²) in [5.41, 5.74) is 5.84. The Morgan fingerprint density at radius 2 is 1.84 bits per heavy atom. The van der Waals surface area contributed by atoms with Gasteiger partial charge in [-0.25, -0.2) is 0 Å². The number of likely N-dealkylation sites (N-methyl/N-ethyl adjacent to an activating group) is 1. The van der Waals surface area contributed by atoms with E-state index in [0.717, 1.165) is 25.9 Å². The van der Waals surface area contributed by atoms with Gasteiger partial charge in [0, 0.05) is 32.7 Å². The standard InChI is InChI=1S/C13H26N4O2/c1-3-5-11(14)13(19)17-8-6-16(7-9-17)10-12(18)15-4-2/h11H,3-10,14H2,1-2H3,(H,15,18). The summed E-state index contributed by atoms with van der Waals surface area (Å²) in [5.74, 6) is 0.0875. The molecule has 1 unspecified atom stereocenters. The van der Waals surface area contributed by atoms with Crippen LogP contribution in [0, 0.1) is 0 Å². The van der Waals surface area contributed by atoms with Gasteiger partial charge in [-0.05, 0) is 13.3 Å². The Kier molecular flexibility index (Phi) is 6.80. The molecular formula is C13H26N4O2. The number of nitrogens with two attached hydrogens (primary N) is 1. The predicted octanol–water partition coefficient (Wildman–Crippen LogP) is -0.606. The summed E-state index contributed by atoms with van der Waals surface area (Å²) in [4.78, 5) is 27.4. The summed E-state index contributed by atoms with van der Waals surface area (Å²) in [5, 5.41) is 2.78. The minimum atomic E-state index is -0.375. The fourth-order valence-corrected chi connectivity index (χ4v) is 2.25. The zero-order valence-electron chi connectivity index (χ0n) is 12.0. The van der Waals surface area contributed by atoms with E-state index in [9.17, 15) is 9.59 Å². The lowest BCUT2D eigenvalue weighted by Gasteiger charge is -2.35. The van der Waals surface area contributed by atoms with Gasteiger partial charge in [0.15, 0.2) is 0 Å². The highest BCUT2D eigenvalue weighted by Crippen LogP contribution is 2.05. The molecule has 1 aliphatic heterocycles. The SMILES string of the molecule is CCCC(N)C(=O)N1CCN(CC(=O)NCC)CC1. The Hall–Kier alpha value is -1.14. The minimum absolute atomic E-state index is 0.0412. The summed E-state index contributed by atoms with van der Waals surface area (Å²) in [6.07, 6.45) is 1.65. The van der Waals surface area contributed by atoms with Gasteiger partial charge in [-0.2, -0.15) is 0 Å². The summed E-state index contributed by atoms with van der Waals surface area (Å²) in [7, 11) is 0. The quantitative estimate of drug-likeness (QED) is 0.675. The zero-order valence-corrected chi connectivity index (χ0v) is 12.0. The van der Waals surface area contributed by atoms with E-state index in [4.69, 9.17) is 5.73 Å². The maximum atomic E-state index is 12.0. The van der Waals surface area contributed by atoms with E-state index in [0.29, 0.717) is 26.2 Å². The molecule has 19 heavy (non-hydrogen) atoms. The van der Waals surface area contributed by atoms with Gasteiger partial charge in [-0.15, -0.1) is 0 Å². The van der Waals surface area contributed by atoms with Crippen LogP contribution in [-0.2, 0) is 9.59 Å². The van der Waals surface area contributed by atoms with Crippen LogP contribution in [0.3, 0.4) is 0 Å². The van der Waals surface area contributed by atoms with E-state index in [2.05, 4.69) is 10.2 Å². The predicted molar refractivity (Wildman–Crippen MR) is 74.6 cm³/mol. The molecule has 6 heteroatoms. The summed E-state index contributed by atoms with van der Waals surface area (Å²) in [6, 6.07) is -0.375. The molecule has 0 bridgehead atoms. The number of amides is 2. The molecule has 1 atom stereocenters. The van der Waals surface area contributed by atoms with Crippen molar-refractivity contribution in [1.82, 2.24) is 15.1 Å². The molecule has 6 nitrogen and oxygen atoms in total. The normalized spacial score (nSPS) is 18.2. The van der Waals surface area contributed by atoms with Gasteiger partial charge >= 0.3 is 0 Å². The van der Waals surface area contributed by atoms with E-state index in [1.54, 1.807) is 0 Å². The van der Waals surface area contributed by atoms with Crippen LogP contribution in [0.5, 0.6) is 0 Å². The van der Waals surface area contributed by atoms with Crippen molar-refractivity contribution < 1.29 is 9.59 Å². The van der Waals surface area contributed by atoms with Crippen molar-refractivity contribution in [2.45, 2.75) is 32.7 Å². The van der Waals surface area contributed by atoms with Crippen LogP contribution in [0.15, 0.2) is 0 Å². The Bertz CT molecular complexity index is 301. The van der Waals surface area contributed by atoms with Gasteiger partial charge < -0.3 is 16.0 Å². The Morgan fingerprint density at radius 1 is 1.21 bits per heavy atom. The molecule has 0 aromatic rings. The number of nitrogens with one attached hydrogen (secondary N) is 1. The average Bonchev–Trinajstić information content (AvgIpc) is 2.39. The van der Waals surface area contributed by atoms with Gasteiger partial charge in [0.05, 0.1) is 12.6 Å². The topological polar surface area (TPSA) is 78.7 Å². The smallest absolute Gasteiger partial charge is 0.239 e. The molecule has 0 aromatic carbocycles. The average molecular weight is 270 g/mol. The molecule has 1 rings (SSSR count). The Balaban J connectivity index is 2.32. The monoisotopic (exact) mass is 270 g/mol. The first-order valence-electron chi connectivity index (χ1n) is 7.11. The fourth-order valence-electron chi connectivity index (χ4n) is 2.25. The van der Waals surface area contributed by atoms with Crippen LogP contribution in [0.2, 0.25) is 0 Å².